The van der Waals surface area contributed by atoms with E-state index in [1.54, 1.807) is 31.4 Å². The van der Waals surface area contributed by atoms with E-state index in [4.69, 9.17) is 37.1 Å². The Kier molecular flexibility index (Phi) is 6.85. The van der Waals surface area contributed by atoms with Gasteiger partial charge in [-0.05, 0) is 42.3 Å². The molecule has 0 saturated carbocycles. The van der Waals surface area contributed by atoms with Gasteiger partial charge in [0.05, 0.1) is 17.2 Å². The number of hydrogen-bond acceptors (Lipinski definition) is 4. The molecule has 5 nitrogen and oxygen atoms in total. The molecule has 0 fully saturated rings. The van der Waals surface area contributed by atoms with E-state index in [1.807, 2.05) is 30.3 Å². The van der Waals surface area contributed by atoms with Gasteiger partial charge in [0.2, 0.25) is 0 Å². The summed E-state index contributed by atoms with van der Waals surface area (Å²) in [4.78, 5) is 12.3. The highest BCUT2D eigenvalue weighted by Gasteiger charge is 2.12. The van der Waals surface area contributed by atoms with Crippen molar-refractivity contribution < 1.29 is 18.7 Å². The van der Waals surface area contributed by atoms with Crippen LogP contribution >= 0.6 is 23.2 Å². The summed E-state index contributed by atoms with van der Waals surface area (Å²) in [6.45, 7) is 0.596. The van der Waals surface area contributed by atoms with E-state index in [9.17, 15) is 4.79 Å². The van der Waals surface area contributed by atoms with E-state index in [1.165, 1.54) is 0 Å². The predicted octanol–water partition coefficient (Wildman–Crippen LogP) is 5.15. The number of furan rings is 1. The summed E-state index contributed by atoms with van der Waals surface area (Å²) in [7, 11) is 1.58. The zero-order valence-corrected chi connectivity index (χ0v) is 16.7. The van der Waals surface area contributed by atoms with Gasteiger partial charge < -0.3 is 19.2 Å². The second kappa shape index (κ2) is 9.53. The highest BCUT2D eigenvalue weighted by molar-refractivity contribution is 6.42. The summed E-state index contributed by atoms with van der Waals surface area (Å²) in [5.74, 6) is 1.68. The van der Waals surface area contributed by atoms with Crippen molar-refractivity contribution in [2.75, 3.05) is 13.7 Å². The average molecular weight is 420 g/mol. The molecular formula is C21H19Cl2NO4. The lowest BCUT2D eigenvalue weighted by atomic mass is 10.1. The van der Waals surface area contributed by atoms with E-state index in [-0.39, 0.29) is 18.3 Å². The maximum Gasteiger partial charge on any atom is 0.287 e. The summed E-state index contributed by atoms with van der Waals surface area (Å²) in [5, 5.41) is 3.81. The van der Waals surface area contributed by atoms with Crippen LogP contribution in [0.15, 0.2) is 59.0 Å². The average Bonchev–Trinajstić information content (AvgIpc) is 3.19. The van der Waals surface area contributed by atoms with E-state index in [0.29, 0.717) is 40.3 Å². The Hall–Kier alpha value is -2.63. The zero-order valence-electron chi connectivity index (χ0n) is 15.2. The topological polar surface area (TPSA) is 60.7 Å². The molecule has 1 heterocycles. The lowest BCUT2D eigenvalue weighted by molar-refractivity contribution is 0.0922. The van der Waals surface area contributed by atoms with Crippen molar-refractivity contribution in [2.24, 2.45) is 0 Å². The number of para-hydroxylation sites is 2. The number of rotatable bonds is 8. The molecule has 28 heavy (non-hydrogen) atoms. The first-order valence-electron chi connectivity index (χ1n) is 8.64. The van der Waals surface area contributed by atoms with Gasteiger partial charge in [0.1, 0.15) is 12.4 Å². The first kappa shape index (κ1) is 20.1. The molecule has 1 N–H and O–H groups in total. The van der Waals surface area contributed by atoms with Crippen molar-refractivity contribution in [1.29, 1.82) is 0 Å². The minimum atomic E-state index is -0.304. The number of nitrogens with one attached hydrogen (secondary N) is 1. The summed E-state index contributed by atoms with van der Waals surface area (Å²) in [5.41, 5.74) is 0.875. The third kappa shape index (κ3) is 5.00. The molecule has 7 heteroatoms. The summed E-state index contributed by atoms with van der Waals surface area (Å²) in [6.07, 6.45) is 0.565. The molecule has 1 amide bonds. The van der Waals surface area contributed by atoms with Crippen LogP contribution in [0, 0.1) is 0 Å². The number of ether oxygens (including phenoxy) is 2. The fourth-order valence-electron chi connectivity index (χ4n) is 2.60. The number of carbonyl (C=O) groups excluding carboxylic acids is 1. The summed E-state index contributed by atoms with van der Waals surface area (Å²) in [6, 6.07) is 16.1. The smallest absolute Gasteiger partial charge is 0.287 e. The minimum Gasteiger partial charge on any atom is -0.493 e. The monoisotopic (exact) mass is 419 g/mol. The Bertz CT molecular complexity index is 955. The Labute approximate surface area is 173 Å². The molecule has 0 aliphatic carbocycles. The maximum atomic E-state index is 12.3. The number of hydrogen-bond donors (Lipinski definition) is 1. The Morgan fingerprint density at radius 2 is 1.82 bits per heavy atom. The molecule has 146 valence electrons. The molecule has 0 bridgehead atoms. The molecule has 0 radical (unpaired) electrons. The van der Waals surface area contributed by atoms with Crippen LogP contribution in [0.25, 0.3) is 0 Å². The molecule has 0 saturated heterocycles. The molecule has 0 spiro atoms. The normalized spacial score (nSPS) is 10.5. The van der Waals surface area contributed by atoms with Crippen LogP contribution in [0.2, 0.25) is 10.0 Å². The van der Waals surface area contributed by atoms with Crippen LogP contribution in [-0.2, 0) is 13.0 Å². The van der Waals surface area contributed by atoms with E-state index >= 15 is 0 Å². The molecule has 1 aromatic heterocycles. The maximum absolute atomic E-state index is 12.3. The molecular weight excluding hydrogens is 401 g/mol. The quantitative estimate of drug-likeness (QED) is 0.548. The van der Waals surface area contributed by atoms with E-state index in [0.717, 1.165) is 5.56 Å². The minimum absolute atomic E-state index is 0.186. The van der Waals surface area contributed by atoms with Crippen molar-refractivity contribution in [3.8, 4) is 11.5 Å². The highest BCUT2D eigenvalue weighted by Crippen LogP contribution is 2.27. The first-order chi connectivity index (χ1) is 13.6. The van der Waals surface area contributed by atoms with Crippen LogP contribution in [0.1, 0.15) is 21.9 Å². The fraction of sp³-hybridized carbons (Fsp3) is 0.190. The van der Waals surface area contributed by atoms with Gasteiger partial charge in [-0.1, -0.05) is 47.5 Å². The second-order valence-corrected chi connectivity index (χ2v) is 6.71. The highest BCUT2D eigenvalue weighted by atomic mass is 35.5. The third-order valence-electron chi connectivity index (χ3n) is 4.04. The fourth-order valence-corrected chi connectivity index (χ4v) is 3.02. The lowest BCUT2D eigenvalue weighted by Gasteiger charge is -2.09. The molecule has 3 rings (SSSR count). The third-order valence-corrected chi connectivity index (χ3v) is 4.89. The summed E-state index contributed by atoms with van der Waals surface area (Å²) >= 11 is 12.1. The lowest BCUT2D eigenvalue weighted by Crippen LogP contribution is -2.25. The molecule has 2 aromatic carbocycles. The van der Waals surface area contributed by atoms with E-state index in [2.05, 4.69) is 5.32 Å². The molecule has 0 aliphatic rings. The van der Waals surface area contributed by atoms with Crippen LogP contribution in [0.5, 0.6) is 11.5 Å². The zero-order chi connectivity index (χ0) is 19.9. The van der Waals surface area contributed by atoms with Gasteiger partial charge in [-0.25, -0.2) is 0 Å². The van der Waals surface area contributed by atoms with Crippen LogP contribution in [0.4, 0.5) is 0 Å². The Morgan fingerprint density at radius 1 is 1.04 bits per heavy atom. The first-order valence-corrected chi connectivity index (χ1v) is 9.39. The van der Waals surface area contributed by atoms with Gasteiger partial charge in [-0.3, -0.25) is 4.79 Å². The van der Waals surface area contributed by atoms with Crippen LogP contribution in [0.3, 0.4) is 0 Å². The van der Waals surface area contributed by atoms with Gasteiger partial charge in [0, 0.05) is 6.54 Å². The van der Waals surface area contributed by atoms with Gasteiger partial charge in [-0.15, -0.1) is 0 Å². The second-order valence-electron chi connectivity index (χ2n) is 5.92. The summed E-state index contributed by atoms with van der Waals surface area (Å²) < 4.78 is 16.5. The van der Waals surface area contributed by atoms with Gasteiger partial charge in [-0.2, -0.15) is 0 Å². The molecule has 0 aliphatic heterocycles. The van der Waals surface area contributed by atoms with Crippen LogP contribution < -0.4 is 14.8 Å². The number of benzene rings is 2. The molecule has 3 aromatic rings. The SMILES string of the molecule is COc1ccccc1OCc1ccc(C(=O)NCCc2cccc(Cl)c2Cl)o1. The molecule has 0 unspecified atom stereocenters. The number of halogens is 2. The van der Waals surface area contributed by atoms with Crippen molar-refractivity contribution in [3.05, 3.63) is 81.7 Å². The number of amides is 1. The van der Waals surface area contributed by atoms with Gasteiger partial charge in [0.15, 0.2) is 17.3 Å². The van der Waals surface area contributed by atoms with Gasteiger partial charge in [0.25, 0.3) is 5.91 Å². The number of methoxy groups -OCH3 is 1. The van der Waals surface area contributed by atoms with Crippen molar-refractivity contribution in [1.82, 2.24) is 5.32 Å². The Morgan fingerprint density at radius 3 is 2.61 bits per heavy atom. The van der Waals surface area contributed by atoms with Crippen molar-refractivity contribution in [2.45, 2.75) is 13.0 Å². The largest absolute Gasteiger partial charge is 0.493 e. The standard InChI is InChI=1S/C21H19Cl2NO4/c1-26-17-7-2-3-8-18(17)27-13-15-9-10-19(28-15)21(25)24-12-11-14-5-4-6-16(22)20(14)23/h2-10H,11-13H2,1H3,(H,24,25). The predicted molar refractivity (Wildman–Crippen MR) is 109 cm³/mol. The number of carbonyl (C=O) groups is 1. The van der Waals surface area contributed by atoms with Crippen molar-refractivity contribution in [3.63, 3.8) is 0 Å². The van der Waals surface area contributed by atoms with E-state index < -0.39 is 0 Å². The Balaban J connectivity index is 1.51. The van der Waals surface area contributed by atoms with Gasteiger partial charge >= 0.3 is 0 Å². The van der Waals surface area contributed by atoms with Crippen molar-refractivity contribution >= 4 is 29.1 Å². The van der Waals surface area contributed by atoms with Crippen LogP contribution in [-0.4, -0.2) is 19.6 Å². The molecule has 0 atom stereocenters.